The Morgan fingerprint density at radius 3 is 2.57 bits per heavy atom. The standard InChI is InChI=1S/C4H6N2O/c1-3-6-4(7)5-2/h3H,2H2,1H3. The van der Waals surface area contributed by atoms with E-state index in [1.165, 1.54) is 6.21 Å². The van der Waals surface area contributed by atoms with Crippen molar-refractivity contribution in [3.05, 3.63) is 0 Å². The van der Waals surface area contributed by atoms with Gasteiger partial charge in [0.25, 0.3) is 0 Å². The molecule has 38 valence electrons. The molecule has 0 saturated heterocycles. The van der Waals surface area contributed by atoms with E-state index in [2.05, 4.69) is 16.7 Å². The van der Waals surface area contributed by atoms with Crippen LogP contribution in [0, 0.1) is 0 Å². The minimum absolute atomic E-state index is 0.539. The van der Waals surface area contributed by atoms with Gasteiger partial charge in [0, 0.05) is 6.21 Å². The number of aliphatic imine (C=N–C) groups is 2. The van der Waals surface area contributed by atoms with Crippen LogP contribution in [0.3, 0.4) is 0 Å². The number of hydrogen-bond donors (Lipinski definition) is 0. The van der Waals surface area contributed by atoms with Gasteiger partial charge in [-0.05, 0) is 13.6 Å². The van der Waals surface area contributed by atoms with Gasteiger partial charge < -0.3 is 0 Å². The molecule has 7 heavy (non-hydrogen) atoms. The van der Waals surface area contributed by atoms with Crippen molar-refractivity contribution in [2.75, 3.05) is 0 Å². The summed E-state index contributed by atoms with van der Waals surface area (Å²) in [4.78, 5) is 16.2. The van der Waals surface area contributed by atoms with Crippen molar-refractivity contribution in [3.8, 4) is 0 Å². The van der Waals surface area contributed by atoms with Crippen molar-refractivity contribution in [2.45, 2.75) is 6.92 Å². The molecule has 0 unspecified atom stereocenters. The predicted octanol–water partition coefficient (Wildman–Crippen LogP) is 0.898. The summed E-state index contributed by atoms with van der Waals surface area (Å²) in [6.07, 6.45) is 1.37. The highest BCUT2D eigenvalue weighted by Gasteiger charge is 1.81. The summed E-state index contributed by atoms with van der Waals surface area (Å²) in [6, 6.07) is -0.539. The van der Waals surface area contributed by atoms with Gasteiger partial charge in [-0.15, -0.1) is 0 Å². The van der Waals surface area contributed by atoms with Crippen LogP contribution in [-0.4, -0.2) is 19.0 Å². The van der Waals surface area contributed by atoms with E-state index in [1.807, 2.05) is 0 Å². The molecule has 0 aliphatic carbocycles. The number of carbonyl (C=O) groups excluding carboxylic acids is 1. The molecule has 0 aliphatic heterocycles. The van der Waals surface area contributed by atoms with Crippen LogP contribution in [0.5, 0.6) is 0 Å². The average molecular weight is 98.1 g/mol. The molecule has 0 aromatic heterocycles. The lowest BCUT2D eigenvalue weighted by atomic mass is 10.9. The van der Waals surface area contributed by atoms with E-state index in [9.17, 15) is 4.79 Å². The molecule has 0 radical (unpaired) electrons. The largest absolute Gasteiger partial charge is 0.366 e. The van der Waals surface area contributed by atoms with Gasteiger partial charge >= 0.3 is 6.03 Å². The molecule has 0 heterocycles. The Kier molecular flexibility index (Phi) is 2.76. The molecule has 0 aromatic rings. The highest BCUT2D eigenvalue weighted by molar-refractivity contribution is 5.85. The van der Waals surface area contributed by atoms with Gasteiger partial charge in [-0.1, -0.05) is 0 Å². The van der Waals surface area contributed by atoms with Crippen LogP contribution in [0.25, 0.3) is 0 Å². The number of urea groups is 1. The smallest absolute Gasteiger partial charge is 0.244 e. The topological polar surface area (TPSA) is 41.8 Å². The second kappa shape index (κ2) is 3.21. The summed E-state index contributed by atoms with van der Waals surface area (Å²) in [5.41, 5.74) is 0. The molecular weight excluding hydrogens is 92.1 g/mol. The van der Waals surface area contributed by atoms with Crippen LogP contribution >= 0.6 is 0 Å². The fourth-order valence-corrected chi connectivity index (χ4v) is 0.151. The summed E-state index contributed by atoms with van der Waals surface area (Å²) < 4.78 is 0. The van der Waals surface area contributed by atoms with E-state index < -0.39 is 6.03 Å². The Bertz CT molecular complexity index is 106. The Hall–Kier alpha value is -0.990. The molecule has 0 aliphatic rings. The fourth-order valence-electron chi connectivity index (χ4n) is 0.151. The summed E-state index contributed by atoms with van der Waals surface area (Å²) >= 11 is 0. The molecule has 0 rings (SSSR count). The zero-order valence-corrected chi connectivity index (χ0v) is 4.09. The zero-order chi connectivity index (χ0) is 5.70. The summed E-state index contributed by atoms with van der Waals surface area (Å²) in [5.74, 6) is 0. The van der Waals surface area contributed by atoms with Crippen LogP contribution in [0.2, 0.25) is 0 Å². The van der Waals surface area contributed by atoms with Crippen LogP contribution in [0.4, 0.5) is 4.79 Å². The highest BCUT2D eigenvalue weighted by Crippen LogP contribution is 1.74. The van der Waals surface area contributed by atoms with Crippen molar-refractivity contribution in [2.24, 2.45) is 9.98 Å². The quantitative estimate of drug-likeness (QED) is 0.415. The van der Waals surface area contributed by atoms with Crippen LogP contribution < -0.4 is 0 Å². The fraction of sp³-hybridized carbons (Fsp3) is 0.250. The van der Waals surface area contributed by atoms with Gasteiger partial charge in [0.1, 0.15) is 0 Å². The molecule has 0 N–H and O–H groups in total. The zero-order valence-electron chi connectivity index (χ0n) is 4.09. The first-order valence-corrected chi connectivity index (χ1v) is 1.80. The van der Waals surface area contributed by atoms with Gasteiger partial charge in [0.2, 0.25) is 0 Å². The molecular formula is C4H6N2O. The molecule has 0 bridgehead atoms. The Morgan fingerprint density at radius 1 is 1.86 bits per heavy atom. The Morgan fingerprint density at radius 2 is 2.43 bits per heavy atom. The molecule has 2 amide bonds. The summed E-state index contributed by atoms with van der Waals surface area (Å²) in [6.45, 7) is 4.61. The number of nitrogens with zero attached hydrogens (tertiary/aromatic N) is 2. The van der Waals surface area contributed by atoms with Crippen LogP contribution in [0.15, 0.2) is 9.98 Å². The van der Waals surface area contributed by atoms with Gasteiger partial charge in [-0.25, -0.2) is 14.8 Å². The second-order valence-corrected chi connectivity index (χ2v) is 0.828. The third-order valence-electron chi connectivity index (χ3n) is 0.375. The van der Waals surface area contributed by atoms with Crippen LogP contribution in [-0.2, 0) is 0 Å². The monoisotopic (exact) mass is 98.0 g/mol. The third kappa shape index (κ3) is 2.82. The third-order valence-corrected chi connectivity index (χ3v) is 0.375. The lowest BCUT2D eigenvalue weighted by Gasteiger charge is -1.72. The van der Waals surface area contributed by atoms with Gasteiger partial charge in [-0.3, -0.25) is 0 Å². The maximum absolute atomic E-state index is 9.98. The summed E-state index contributed by atoms with van der Waals surface area (Å²) in [7, 11) is 0. The summed E-state index contributed by atoms with van der Waals surface area (Å²) in [5, 5.41) is 0. The van der Waals surface area contributed by atoms with E-state index in [0.717, 1.165) is 0 Å². The molecule has 0 fully saturated rings. The number of rotatable bonds is 0. The normalized spacial score (nSPS) is 9.29. The molecule has 0 spiro atoms. The number of carbonyl (C=O) groups is 1. The highest BCUT2D eigenvalue weighted by atomic mass is 16.2. The Labute approximate surface area is 41.8 Å². The minimum Gasteiger partial charge on any atom is -0.244 e. The lowest BCUT2D eigenvalue weighted by molar-refractivity contribution is 0.257. The first kappa shape index (κ1) is 6.01. The van der Waals surface area contributed by atoms with Gasteiger partial charge in [0.15, 0.2) is 0 Å². The molecule has 3 nitrogen and oxygen atoms in total. The SMILES string of the molecule is C=NC(=O)N=CC. The van der Waals surface area contributed by atoms with Gasteiger partial charge in [0.05, 0.1) is 0 Å². The van der Waals surface area contributed by atoms with Crippen molar-refractivity contribution < 1.29 is 4.79 Å². The average Bonchev–Trinajstić information content (AvgIpc) is 1.68. The minimum atomic E-state index is -0.539. The van der Waals surface area contributed by atoms with Gasteiger partial charge in [-0.2, -0.15) is 0 Å². The maximum Gasteiger partial charge on any atom is 0.366 e. The molecule has 0 aromatic carbocycles. The van der Waals surface area contributed by atoms with E-state index in [0.29, 0.717) is 0 Å². The lowest BCUT2D eigenvalue weighted by Crippen LogP contribution is -1.79. The first-order valence-electron chi connectivity index (χ1n) is 1.80. The van der Waals surface area contributed by atoms with Crippen molar-refractivity contribution in [1.82, 2.24) is 0 Å². The maximum atomic E-state index is 9.98. The number of hydrogen-bond acceptors (Lipinski definition) is 1. The first-order chi connectivity index (χ1) is 3.31. The van der Waals surface area contributed by atoms with E-state index in [1.54, 1.807) is 6.92 Å². The molecule has 0 saturated carbocycles. The Balaban J connectivity index is 3.58. The molecule has 3 heteroatoms. The second-order valence-electron chi connectivity index (χ2n) is 0.828. The molecule has 0 atom stereocenters. The van der Waals surface area contributed by atoms with E-state index in [4.69, 9.17) is 0 Å². The van der Waals surface area contributed by atoms with Crippen molar-refractivity contribution in [1.29, 1.82) is 0 Å². The van der Waals surface area contributed by atoms with E-state index >= 15 is 0 Å². The van der Waals surface area contributed by atoms with Crippen LogP contribution in [0.1, 0.15) is 6.92 Å². The van der Waals surface area contributed by atoms with E-state index in [-0.39, 0.29) is 0 Å². The van der Waals surface area contributed by atoms with Crippen molar-refractivity contribution >= 4 is 19.0 Å². The number of amides is 2. The van der Waals surface area contributed by atoms with Crippen molar-refractivity contribution in [3.63, 3.8) is 0 Å². The predicted molar refractivity (Wildman–Crippen MR) is 29.1 cm³/mol.